The van der Waals surface area contributed by atoms with Crippen molar-refractivity contribution in [3.05, 3.63) is 60.4 Å². The topological polar surface area (TPSA) is 134 Å². The Bertz CT molecular complexity index is 1130. The first-order valence-corrected chi connectivity index (χ1v) is 11.1. The molecule has 0 saturated carbocycles. The minimum atomic E-state index is -3.76. The lowest BCUT2D eigenvalue weighted by Gasteiger charge is -2.19. The van der Waals surface area contributed by atoms with E-state index in [1.54, 1.807) is 50.5 Å². The number of hydrogen-bond donors (Lipinski definition) is 3. The Morgan fingerprint density at radius 1 is 1.23 bits per heavy atom. The number of sulfonamides is 1. The number of aliphatic carboxylic acids is 1. The van der Waals surface area contributed by atoms with Crippen LogP contribution in [0.4, 0.5) is 0 Å². The van der Waals surface area contributed by atoms with Gasteiger partial charge in [0.2, 0.25) is 10.0 Å². The van der Waals surface area contributed by atoms with Crippen LogP contribution < -0.4 is 9.46 Å². The summed E-state index contributed by atoms with van der Waals surface area (Å²) < 4.78 is 33.3. The van der Waals surface area contributed by atoms with Crippen LogP contribution in [0.2, 0.25) is 0 Å². The number of H-pyrrole nitrogens is 1. The summed E-state index contributed by atoms with van der Waals surface area (Å²) in [4.78, 5) is 15.6. The zero-order valence-electron chi connectivity index (χ0n) is 17.2. The van der Waals surface area contributed by atoms with Crippen molar-refractivity contribution in [2.45, 2.75) is 31.8 Å². The van der Waals surface area contributed by atoms with Gasteiger partial charge >= 0.3 is 5.97 Å². The molecule has 0 unspecified atom stereocenters. The van der Waals surface area contributed by atoms with Gasteiger partial charge < -0.3 is 9.84 Å². The van der Waals surface area contributed by atoms with E-state index in [1.165, 1.54) is 12.1 Å². The number of ether oxygens (including phenoxy) is 1. The summed E-state index contributed by atoms with van der Waals surface area (Å²) in [6.45, 7) is 3.30. The number of pyridine rings is 1. The summed E-state index contributed by atoms with van der Waals surface area (Å²) in [5, 5.41) is 15.9. The number of nitrogens with zero attached hydrogens (tertiary/aromatic N) is 2. The monoisotopic (exact) mass is 444 g/mol. The van der Waals surface area contributed by atoms with Crippen molar-refractivity contribution in [3.63, 3.8) is 0 Å². The van der Waals surface area contributed by atoms with Gasteiger partial charge in [0.05, 0.1) is 27.9 Å². The van der Waals surface area contributed by atoms with Gasteiger partial charge in [0, 0.05) is 12.7 Å². The van der Waals surface area contributed by atoms with Crippen LogP contribution in [0.25, 0.3) is 11.4 Å². The third-order valence-corrected chi connectivity index (χ3v) is 6.21. The van der Waals surface area contributed by atoms with Gasteiger partial charge in [-0.3, -0.25) is 14.9 Å². The summed E-state index contributed by atoms with van der Waals surface area (Å²) in [5.41, 5.74) is 1.18. The predicted octanol–water partition coefficient (Wildman–Crippen LogP) is 2.83. The largest absolute Gasteiger partial charge is 0.487 e. The molecule has 0 fully saturated rings. The van der Waals surface area contributed by atoms with Crippen molar-refractivity contribution in [1.82, 2.24) is 19.9 Å². The molecule has 0 atom stereocenters. The summed E-state index contributed by atoms with van der Waals surface area (Å²) >= 11 is 0. The summed E-state index contributed by atoms with van der Waals surface area (Å²) in [7, 11) is -3.76. The lowest BCUT2D eigenvalue weighted by molar-refractivity contribution is -0.147. The molecule has 0 bridgehead atoms. The first kappa shape index (κ1) is 22.4. The van der Waals surface area contributed by atoms with Crippen molar-refractivity contribution < 1.29 is 23.1 Å². The lowest BCUT2D eigenvalue weighted by Crippen LogP contribution is -2.32. The highest BCUT2D eigenvalue weighted by atomic mass is 32.2. The van der Waals surface area contributed by atoms with Crippen LogP contribution in [0.5, 0.6) is 5.75 Å². The van der Waals surface area contributed by atoms with Crippen LogP contribution in [-0.2, 0) is 21.4 Å². The third-order valence-electron chi connectivity index (χ3n) is 4.75. The average Bonchev–Trinajstić information content (AvgIpc) is 3.27. The number of rotatable bonds is 10. The molecule has 0 amide bonds. The average molecular weight is 445 g/mol. The Balaban J connectivity index is 1.60. The smallest absolute Gasteiger partial charge is 0.309 e. The molecular formula is C21H24N4O5S. The minimum absolute atomic E-state index is 0.0245. The molecule has 164 valence electrons. The Hall–Kier alpha value is -3.24. The molecule has 0 spiro atoms. The number of benzene rings is 1. The van der Waals surface area contributed by atoms with Gasteiger partial charge in [0.25, 0.3) is 0 Å². The van der Waals surface area contributed by atoms with E-state index in [0.717, 1.165) is 11.4 Å². The number of carboxylic acid groups (broad SMARTS) is 1. The molecule has 2 aromatic heterocycles. The number of carbonyl (C=O) groups is 1. The Kier molecular flexibility index (Phi) is 6.71. The SMILES string of the molecule is CC(C)(CCNS(=O)(=O)c1cccc(COc2ccc(-c3ccn[nH]3)nc2)c1)C(=O)O. The van der Waals surface area contributed by atoms with Crippen LogP contribution in [0.15, 0.2) is 59.8 Å². The van der Waals surface area contributed by atoms with Crippen molar-refractivity contribution in [3.8, 4) is 17.1 Å². The van der Waals surface area contributed by atoms with Crippen molar-refractivity contribution in [1.29, 1.82) is 0 Å². The quantitative estimate of drug-likeness (QED) is 0.438. The van der Waals surface area contributed by atoms with Gasteiger partial charge in [0.1, 0.15) is 12.4 Å². The number of aromatic amines is 1. The van der Waals surface area contributed by atoms with E-state index < -0.39 is 21.4 Å². The zero-order chi connectivity index (χ0) is 22.5. The summed E-state index contributed by atoms with van der Waals surface area (Å²) in [5.74, 6) is -0.427. The lowest BCUT2D eigenvalue weighted by atomic mass is 9.90. The normalized spacial score (nSPS) is 11.9. The van der Waals surface area contributed by atoms with Gasteiger partial charge in [-0.15, -0.1) is 0 Å². The van der Waals surface area contributed by atoms with Crippen molar-refractivity contribution >= 4 is 16.0 Å². The van der Waals surface area contributed by atoms with Gasteiger partial charge in [-0.1, -0.05) is 12.1 Å². The van der Waals surface area contributed by atoms with Crippen LogP contribution in [0, 0.1) is 5.41 Å². The molecule has 2 heterocycles. The maximum absolute atomic E-state index is 12.5. The van der Waals surface area contributed by atoms with Gasteiger partial charge in [-0.2, -0.15) is 5.10 Å². The summed E-state index contributed by atoms with van der Waals surface area (Å²) in [6.07, 6.45) is 3.40. The highest BCUT2D eigenvalue weighted by molar-refractivity contribution is 7.89. The first-order chi connectivity index (χ1) is 14.7. The third kappa shape index (κ3) is 5.89. The van der Waals surface area contributed by atoms with E-state index in [2.05, 4.69) is 19.9 Å². The molecule has 0 aliphatic carbocycles. The highest BCUT2D eigenvalue weighted by Crippen LogP contribution is 2.21. The number of nitrogens with one attached hydrogen (secondary N) is 2. The second kappa shape index (κ2) is 9.27. The summed E-state index contributed by atoms with van der Waals surface area (Å²) in [6, 6.07) is 11.8. The minimum Gasteiger partial charge on any atom is -0.487 e. The number of aromatic nitrogens is 3. The number of hydrogen-bond acceptors (Lipinski definition) is 6. The van der Waals surface area contributed by atoms with Gasteiger partial charge in [0.15, 0.2) is 0 Å². The van der Waals surface area contributed by atoms with Crippen molar-refractivity contribution in [2.24, 2.45) is 5.41 Å². The van der Waals surface area contributed by atoms with Gasteiger partial charge in [-0.05, 0) is 56.2 Å². The first-order valence-electron chi connectivity index (χ1n) is 9.58. The molecule has 3 aromatic rings. The van der Waals surface area contributed by atoms with E-state index in [1.807, 2.05) is 6.07 Å². The van der Waals surface area contributed by atoms with E-state index in [9.17, 15) is 13.2 Å². The van der Waals surface area contributed by atoms with Crippen molar-refractivity contribution in [2.75, 3.05) is 6.54 Å². The molecule has 3 N–H and O–H groups in total. The van der Waals surface area contributed by atoms with E-state index in [-0.39, 0.29) is 24.5 Å². The maximum Gasteiger partial charge on any atom is 0.309 e. The standard InChI is InChI=1S/C21H24N4O5S/c1-21(2,20(26)27)9-11-24-31(28,29)17-5-3-4-15(12-17)14-30-16-6-7-18(22-13-16)19-8-10-23-25-19/h3-8,10,12-13,24H,9,11,14H2,1-2H3,(H,23,25)(H,26,27). The molecule has 0 saturated heterocycles. The van der Waals surface area contributed by atoms with Crippen LogP contribution >= 0.6 is 0 Å². The van der Waals surface area contributed by atoms with E-state index in [0.29, 0.717) is 11.3 Å². The fourth-order valence-electron chi connectivity index (χ4n) is 2.68. The van der Waals surface area contributed by atoms with Crippen LogP contribution in [0.1, 0.15) is 25.8 Å². The molecule has 0 aliphatic rings. The molecule has 31 heavy (non-hydrogen) atoms. The molecule has 0 radical (unpaired) electrons. The fourth-order valence-corrected chi connectivity index (χ4v) is 3.78. The second-order valence-corrected chi connectivity index (χ2v) is 9.39. The molecule has 3 rings (SSSR count). The molecule has 9 nitrogen and oxygen atoms in total. The predicted molar refractivity (Wildman–Crippen MR) is 114 cm³/mol. The van der Waals surface area contributed by atoms with Crippen LogP contribution in [-0.4, -0.2) is 41.2 Å². The Morgan fingerprint density at radius 3 is 2.68 bits per heavy atom. The molecule has 0 aliphatic heterocycles. The Morgan fingerprint density at radius 2 is 2.03 bits per heavy atom. The second-order valence-electron chi connectivity index (χ2n) is 7.62. The highest BCUT2D eigenvalue weighted by Gasteiger charge is 2.27. The fraction of sp³-hybridized carbons (Fsp3) is 0.286. The zero-order valence-corrected chi connectivity index (χ0v) is 18.0. The van der Waals surface area contributed by atoms with E-state index in [4.69, 9.17) is 9.84 Å². The van der Waals surface area contributed by atoms with Crippen LogP contribution in [0.3, 0.4) is 0 Å². The molecule has 1 aromatic carbocycles. The molecule has 10 heteroatoms. The molecular weight excluding hydrogens is 420 g/mol. The van der Waals surface area contributed by atoms with E-state index >= 15 is 0 Å². The van der Waals surface area contributed by atoms with Gasteiger partial charge in [-0.25, -0.2) is 13.1 Å². The number of carboxylic acids is 1. The maximum atomic E-state index is 12.5. The Labute approximate surface area is 180 Å².